The molecule has 1 fully saturated rings. The molecule has 1 atom stereocenters. The number of rotatable bonds is 6. The zero-order valence-corrected chi connectivity index (χ0v) is 20.3. The first-order valence-corrected chi connectivity index (χ1v) is 12.4. The first-order chi connectivity index (χ1) is 16.0. The van der Waals surface area contributed by atoms with Crippen LogP contribution in [0.3, 0.4) is 0 Å². The van der Waals surface area contributed by atoms with Gasteiger partial charge < -0.3 is 19.7 Å². The second kappa shape index (κ2) is 9.10. The van der Waals surface area contributed by atoms with Crippen LogP contribution in [0.2, 0.25) is 10.0 Å². The summed E-state index contributed by atoms with van der Waals surface area (Å²) in [6, 6.07) is 8.30. The van der Waals surface area contributed by atoms with Crippen LogP contribution in [0.25, 0.3) is 10.9 Å². The Balaban J connectivity index is 1.79. The van der Waals surface area contributed by atoms with E-state index in [2.05, 4.69) is 0 Å². The highest BCUT2D eigenvalue weighted by Crippen LogP contribution is 2.32. The Kier molecular flexibility index (Phi) is 6.52. The summed E-state index contributed by atoms with van der Waals surface area (Å²) in [4.78, 5) is 25.9. The fraction of sp³-hybridized carbons (Fsp3) is 0.273. The van der Waals surface area contributed by atoms with Gasteiger partial charge in [0, 0.05) is 41.8 Å². The molecule has 1 saturated heterocycles. The van der Waals surface area contributed by atoms with Gasteiger partial charge in [0.25, 0.3) is 15.9 Å². The maximum absolute atomic E-state index is 13.4. The number of aryl methyl sites for hydroxylation is 1. The van der Waals surface area contributed by atoms with E-state index in [9.17, 15) is 28.2 Å². The molecular weight excluding hydrogens is 505 g/mol. The van der Waals surface area contributed by atoms with E-state index in [-0.39, 0.29) is 33.1 Å². The molecule has 0 spiro atoms. The van der Waals surface area contributed by atoms with Crippen LogP contribution in [0.15, 0.2) is 47.5 Å². The van der Waals surface area contributed by atoms with Crippen LogP contribution in [0, 0.1) is 0 Å². The highest BCUT2D eigenvalue weighted by molar-refractivity contribution is 7.92. The normalized spacial score (nSPS) is 16.2. The minimum absolute atomic E-state index is 0.0921. The van der Waals surface area contributed by atoms with E-state index in [1.807, 2.05) is 0 Å². The number of hydrogen-bond acceptors (Lipinski definition) is 5. The van der Waals surface area contributed by atoms with Gasteiger partial charge in [0.15, 0.2) is 0 Å². The Morgan fingerprint density at radius 3 is 2.41 bits per heavy atom. The molecule has 2 heterocycles. The Hall–Kier alpha value is -2.79. The fourth-order valence-corrected chi connectivity index (χ4v) is 6.17. The molecule has 3 aromatic rings. The summed E-state index contributed by atoms with van der Waals surface area (Å²) in [6.07, 6.45) is 1.59. The molecule has 1 aliphatic heterocycles. The van der Waals surface area contributed by atoms with Crippen LogP contribution in [-0.4, -0.2) is 65.7 Å². The lowest BCUT2D eigenvalue weighted by molar-refractivity contribution is -0.135. The SMILES string of the molecule is Cn1cc(C(=O)N2CCC(O)C2)c2ccc(N(CC(=O)O)S(=O)(=O)c3cc(Cl)cc(Cl)c3)cc21. The van der Waals surface area contributed by atoms with Gasteiger partial charge in [-0.1, -0.05) is 23.2 Å². The van der Waals surface area contributed by atoms with Crippen molar-refractivity contribution in [2.45, 2.75) is 17.4 Å². The number of carbonyl (C=O) groups is 2. The van der Waals surface area contributed by atoms with E-state index in [4.69, 9.17) is 23.2 Å². The van der Waals surface area contributed by atoms with Crippen LogP contribution in [0.5, 0.6) is 0 Å². The van der Waals surface area contributed by atoms with Crippen LogP contribution < -0.4 is 4.31 Å². The van der Waals surface area contributed by atoms with Crippen molar-refractivity contribution in [1.29, 1.82) is 0 Å². The van der Waals surface area contributed by atoms with Gasteiger partial charge in [0.1, 0.15) is 6.54 Å². The lowest BCUT2D eigenvalue weighted by atomic mass is 10.1. The number of aromatic nitrogens is 1. The van der Waals surface area contributed by atoms with Crippen molar-refractivity contribution in [1.82, 2.24) is 9.47 Å². The number of aliphatic hydroxyl groups is 1. The summed E-state index contributed by atoms with van der Waals surface area (Å²) in [7, 11) is -2.63. The minimum atomic E-state index is -4.33. The molecule has 1 aromatic heterocycles. The van der Waals surface area contributed by atoms with Crippen molar-refractivity contribution < 1.29 is 28.2 Å². The second-order valence-corrected chi connectivity index (χ2v) is 10.8. The monoisotopic (exact) mass is 525 g/mol. The van der Waals surface area contributed by atoms with E-state index >= 15 is 0 Å². The fourth-order valence-electron chi connectivity index (χ4n) is 4.04. The van der Waals surface area contributed by atoms with Crippen LogP contribution >= 0.6 is 23.2 Å². The standard InChI is InChI=1S/C22H21Cl2N3O6S/c1-25-11-19(22(31)26-5-4-16(28)10-26)18-3-2-15(9-20(18)25)27(12-21(29)30)34(32,33)17-7-13(23)6-14(24)8-17/h2-3,6-9,11,16,28H,4-5,10,12H2,1H3,(H,29,30). The quantitative estimate of drug-likeness (QED) is 0.510. The molecule has 0 saturated carbocycles. The molecule has 1 aliphatic rings. The van der Waals surface area contributed by atoms with E-state index in [0.29, 0.717) is 29.4 Å². The number of sulfonamides is 1. The summed E-state index contributed by atoms with van der Waals surface area (Å²) in [5.41, 5.74) is 1.05. The molecule has 2 aromatic carbocycles. The summed E-state index contributed by atoms with van der Waals surface area (Å²) in [5.74, 6) is -1.59. The average molecular weight is 526 g/mol. The number of aliphatic hydroxyl groups excluding tert-OH is 1. The largest absolute Gasteiger partial charge is 0.480 e. The van der Waals surface area contributed by atoms with E-state index in [0.717, 1.165) is 4.31 Å². The molecule has 12 heteroatoms. The molecule has 0 radical (unpaired) electrons. The van der Waals surface area contributed by atoms with Gasteiger partial charge in [-0.3, -0.25) is 13.9 Å². The molecule has 9 nitrogen and oxygen atoms in total. The van der Waals surface area contributed by atoms with Crippen LogP contribution in [0.1, 0.15) is 16.8 Å². The lowest BCUT2D eigenvalue weighted by Crippen LogP contribution is -2.35. The van der Waals surface area contributed by atoms with Gasteiger partial charge in [0.05, 0.1) is 27.8 Å². The maximum atomic E-state index is 13.4. The van der Waals surface area contributed by atoms with Crippen LogP contribution in [-0.2, 0) is 21.9 Å². The maximum Gasteiger partial charge on any atom is 0.324 e. The predicted molar refractivity (Wildman–Crippen MR) is 128 cm³/mol. The molecule has 1 unspecified atom stereocenters. The number of hydrogen-bond donors (Lipinski definition) is 2. The van der Waals surface area contributed by atoms with Gasteiger partial charge in [-0.25, -0.2) is 8.42 Å². The van der Waals surface area contributed by atoms with Gasteiger partial charge in [-0.2, -0.15) is 0 Å². The number of halogens is 2. The van der Waals surface area contributed by atoms with E-state index < -0.39 is 28.6 Å². The second-order valence-electron chi connectivity index (χ2n) is 8.06. The predicted octanol–water partition coefficient (Wildman–Crippen LogP) is 2.97. The van der Waals surface area contributed by atoms with Crippen molar-refractivity contribution in [2.75, 3.05) is 23.9 Å². The summed E-state index contributed by atoms with van der Waals surface area (Å²) >= 11 is 11.9. The highest BCUT2D eigenvalue weighted by Gasteiger charge is 2.30. The Labute approximate surface area is 205 Å². The number of carbonyl (C=O) groups excluding carboxylic acids is 1. The molecule has 0 aliphatic carbocycles. The number of amides is 1. The third-order valence-corrected chi connectivity index (χ3v) is 7.83. The zero-order chi connectivity index (χ0) is 24.8. The first kappa shape index (κ1) is 24.3. The minimum Gasteiger partial charge on any atom is -0.480 e. The molecule has 4 rings (SSSR count). The first-order valence-electron chi connectivity index (χ1n) is 10.2. The Morgan fingerprint density at radius 1 is 1.15 bits per heavy atom. The third kappa shape index (κ3) is 4.58. The third-order valence-electron chi connectivity index (χ3n) is 5.65. The number of fused-ring (bicyclic) bond motifs is 1. The number of aliphatic carboxylic acids is 1. The van der Waals surface area contributed by atoms with Gasteiger partial charge >= 0.3 is 5.97 Å². The van der Waals surface area contributed by atoms with Gasteiger partial charge in [0.2, 0.25) is 0 Å². The van der Waals surface area contributed by atoms with E-state index in [1.54, 1.807) is 28.8 Å². The highest BCUT2D eigenvalue weighted by atomic mass is 35.5. The molecular formula is C22H21Cl2N3O6S. The molecule has 2 N–H and O–H groups in total. The molecule has 1 amide bonds. The number of carboxylic acid groups (broad SMARTS) is 1. The number of likely N-dealkylation sites (tertiary alicyclic amines) is 1. The van der Waals surface area contributed by atoms with Crippen LogP contribution in [0.4, 0.5) is 5.69 Å². The topological polar surface area (TPSA) is 120 Å². The van der Waals surface area contributed by atoms with Crippen molar-refractivity contribution in [3.8, 4) is 0 Å². The van der Waals surface area contributed by atoms with Gasteiger partial charge in [-0.05, 0) is 42.8 Å². The number of carboxylic acids is 1. The van der Waals surface area contributed by atoms with E-state index in [1.165, 1.54) is 30.3 Å². The molecule has 0 bridgehead atoms. The number of anilines is 1. The number of benzene rings is 2. The number of β-amino-alcohol motifs (C(OH)–C–C–N with tert-alkyl or cyclic N) is 1. The Morgan fingerprint density at radius 2 is 1.82 bits per heavy atom. The number of nitrogens with zero attached hydrogens (tertiary/aromatic N) is 3. The lowest BCUT2D eigenvalue weighted by Gasteiger charge is -2.23. The van der Waals surface area contributed by atoms with Crippen molar-refractivity contribution >= 4 is 61.7 Å². The van der Waals surface area contributed by atoms with Crippen molar-refractivity contribution in [2.24, 2.45) is 7.05 Å². The summed E-state index contributed by atoms with van der Waals surface area (Å²) in [6.45, 7) is -0.138. The van der Waals surface area contributed by atoms with Gasteiger partial charge in [-0.15, -0.1) is 0 Å². The zero-order valence-electron chi connectivity index (χ0n) is 18.0. The summed E-state index contributed by atoms with van der Waals surface area (Å²) in [5, 5.41) is 19.9. The Bertz CT molecular complexity index is 1380. The van der Waals surface area contributed by atoms with Crippen molar-refractivity contribution in [3.63, 3.8) is 0 Å². The molecule has 180 valence electrons. The smallest absolute Gasteiger partial charge is 0.324 e. The summed E-state index contributed by atoms with van der Waals surface area (Å²) < 4.78 is 29.2. The molecule has 34 heavy (non-hydrogen) atoms. The van der Waals surface area contributed by atoms with Crippen molar-refractivity contribution in [3.05, 3.63) is 58.2 Å². The average Bonchev–Trinajstić information content (AvgIpc) is 3.34.